The van der Waals surface area contributed by atoms with E-state index in [0.717, 1.165) is 22.3 Å². The van der Waals surface area contributed by atoms with Gasteiger partial charge in [0.05, 0.1) is 5.52 Å². The Labute approximate surface area is 158 Å². The van der Waals surface area contributed by atoms with Crippen LogP contribution in [0.2, 0.25) is 0 Å². The van der Waals surface area contributed by atoms with E-state index in [1.807, 2.05) is 48.7 Å². The van der Waals surface area contributed by atoms with Crippen LogP contribution in [0.5, 0.6) is 0 Å². The average molecular weight is 408 g/mol. The molecule has 0 fully saturated rings. The molecule has 26 heavy (non-hydrogen) atoms. The van der Waals surface area contributed by atoms with E-state index in [-0.39, 0.29) is 5.56 Å². The zero-order valence-corrected chi connectivity index (χ0v) is 15.1. The Bertz CT molecular complexity index is 1110. The Kier molecular flexibility index (Phi) is 4.18. The summed E-state index contributed by atoms with van der Waals surface area (Å²) in [6.07, 6.45) is 3.59. The zero-order valence-electron chi connectivity index (χ0n) is 13.6. The van der Waals surface area contributed by atoms with Gasteiger partial charge in [-0.15, -0.1) is 0 Å². The number of halogens is 1. The number of nitrogens with zero attached hydrogens (tertiary/aromatic N) is 2. The molecule has 0 atom stereocenters. The minimum atomic E-state index is -1.03. The van der Waals surface area contributed by atoms with Crippen molar-refractivity contribution in [1.29, 1.82) is 0 Å². The summed E-state index contributed by atoms with van der Waals surface area (Å²) in [6.45, 7) is 0. The lowest BCUT2D eigenvalue weighted by molar-refractivity contribution is 0.0697. The Hall–Kier alpha value is -3.12. The van der Waals surface area contributed by atoms with E-state index < -0.39 is 5.97 Å². The Morgan fingerprint density at radius 3 is 2.65 bits per heavy atom. The fraction of sp³-hybridized carbons (Fsp3) is 0. The summed E-state index contributed by atoms with van der Waals surface area (Å²) in [6, 6.07) is 19.6. The van der Waals surface area contributed by atoms with Crippen LogP contribution >= 0.6 is 15.9 Å². The van der Waals surface area contributed by atoms with E-state index in [1.165, 1.54) is 6.07 Å². The van der Waals surface area contributed by atoms with Crippen molar-refractivity contribution < 1.29 is 9.90 Å². The second-order valence-electron chi connectivity index (χ2n) is 5.77. The zero-order chi connectivity index (χ0) is 18.1. The normalized spacial score (nSPS) is 10.8. The van der Waals surface area contributed by atoms with Gasteiger partial charge in [0, 0.05) is 33.6 Å². The first kappa shape index (κ1) is 16.4. The fourth-order valence-corrected chi connectivity index (χ4v) is 3.20. The molecule has 0 amide bonds. The number of rotatable bonds is 4. The number of pyridine rings is 1. The lowest BCUT2D eigenvalue weighted by Crippen LogP contribution is -2.04. The molecule has 0 saturated heterocycles. The molecule has 6 heteroatoms. The van der Waals surface area contributed by atoms with Crippen LogP contribution in [0.1, 0.15) is 10.4 Å². The second kappa shape index (κ2) is 6.65. The quantitative estimate of drug-likeness (QED) is 0.485. The highest BCUT2D eigenvalue weighted by molar-refractivity contribution is 9.10. The minimum absolute atomic E-state index is 0.112. The number of carboxylic acid groups (broad SMARTS) is 1. The van der Waals surface area contributed by atoms with Gasteiger partial charge in [-0.3, -0.25) is 0 Å². The second-order valence-corrected chi connectivity index (χ2v) is 6.69. The number of fused-ring (bicyclic) bond motifs is 1. The van der Waals surface area contributed by atoms with Gasteiger partial charge in [0.15, 0.2) is 0 Å². The molecule has 0 aliphatic carbocycles. The van der Waals surface area contributed by atoms with E-state index in [4.69, 9.17) is 0 Å². The molecule has 0 unspecified atom stereocenters. The number of carboxylic acids is 1. The van der Waals surface area contributed by atoms with Gasteiger partial charge in [-0.2, -0.15) is 0 Å². The van der Waals surface area contributed by atoms with Crippen LogP contribution in [0, 0.1) is 0 Å². The molecular formula is C20H14BrN3O2. The van der Waals surface area contributed by atoms with E-state index >= 15 is 0 Å². The number of aromatic nitrogens is 2. The lowest BCUT2D eigenvalue weighted by atomic mass is 10.2. The summed E-state index contributed by atoms with van der Waals surface area (Å²) in [7, 11) is 0. The van der Waals surface area contributed by atoms with Crippen molar-refractivity contribution in [2.24, 2.45) is 0 Å². The van der Waals surface area contributed by atoms with E-state index in [0.29, 0.717) is 10.3 Å². The highest BCUT2D eigenvalue weighted by Gasteiger charge is 2.13. The molecule has 0 saturated carbocycles. The molecule has 5 nitrogen and oxygen atoms in total. The number of benzene rings is 2. The molecule has 4 aromatic rings. The van der Waals surface area contributed by atoms with Crippen molar-refractivity contribution >= 4 is 44.3 Å². The molecule has 4 rings (SSSR count). The molecular weight excluding hydrogens is 394 g/mol. The molecule has 0 radical (unpaired) electrons. The third-order valence-electron chi connectivity index (χ3n) is 4.07. The van der Waals surface area contributed by atoms with Crippen molar-refractivity contribution in [3.8, 4) is 5.69 Å². The summed E-state index contributed by atoms with van der Waals surface area (Å²) in [5, 5.41) is 13.5. The Morgan fingerprint density at radius 2 is 1.88 bits per heavy atom. The average Bonchev–Trinajstić information content (AvgIpc) is 3.07. The first-order chi connectivity index (χ1) is 12.6. The van der Waals surface area contributed by atoms with Crippen LogP contribution < -0.4 is 5.32 Å². The van der Waals surface area contributed by atoms with Gasteiger partial charge >= 0.3 is 5.97 Å². The Balaban J connectivity index is 1.71. The van der Waals surface area contributed by atoms with Gasteiger partial charge in [-0.1, -0.05) is 18.2 Å². The lowest BCUT2D eigenvalue weighted by Gasteiger charge is -2.10. The van der Waals surface area contributed by atoms with E-state index in [1.54, 1.807) is 6.20 Å². The van der Waals surface area contributed by atoms with Crippen LogP contribution in [0.25, 0.3) is 16.6 Å². The fourth-order valence-electron chi connectivity index (χ4n) is 2.87. The number of aromatic carboxylic acids is 1. The SMILES string of the molecule is O=C(O)c1cc(Br)cnc1Nc1ccc2c(ccn2-c2ccccc2)c1. The van der Waals surface area contributed by atoms with Gasteiger partial charge in [0.1, 0.15) is 11.4 Å². The molecule has 2 aromatic heterocycles. The number of nitrogens with one attached hydrogen (secondary N) is 1. The number of anilines is 2. The van der Waals surface area contributed by atoms with Crippen LogP contribution in [0.15, 0.2) is 77.5 Å². The summed E-state index contributed by atoms with van der Waals surface area (Å²) in [5.74, 6) is -0.722. The number of carbonyl (C=O) groups is 1. The van der Waals surface area contributed by atoms with Crippen LogP contribution in [0.4, 0.5) is 11.5 Å². The smallest absolute Gasteiger partial charge is 0.339 e. The molecule has 2 N–H and O–H groups in total. The molecule has 0 aliphatic heterocycles. The van der Waals surface area contributed by atoms with Gasteiger partial charge in [0.2, 0.25) is 0 Å². The third-order valence-corrected chi connectivity index (χ3v) is 4.51. The van der Waals surface area contributed by atoms with Crippen molar-refractivity contribution in [2.45, 2.75) is 0 Å². The highest BCUT2D eigenvalue weighted by atomic mass is 79.9. The summed E-state index contributed by atoms with van der Waals surface area (Å²) < 4.78 is 2.73. The minimum Gasteiger partial charge on any atom is -0.478 e. The summed E-state index contributed by atoms with van der Waals surface area (Å²) >= 11 is 3.25. The van der Waals surface area contributed by atoms with Gasteiger partial charge < -0.3 is 15.0 Å². The van der Waals surface area contributed by atoms with Crippen LogP contribution in [-0.4, -0.2) is 20.6 Å². The maximum absolute atomic E-state index is 11.4. The number of para-hydroxylation sites is 1. The van der Waals surface area contributed by atoms with Gasteiger partial charge in [-0.05, 0) is 58.4 Å². The molecule has 0 bridgehead atoms. The predicted molar refractivity (Wildman–Crippen MR) is 105 cm³/mol. The first-order valence-corrected chi connectivity index (χ1v) is 8.73. The highest BCUT2D eigenvalue weighted by Crippen LogP contribution is 2.27. The van der Waals surface area contributed by atoms with Crippen molar-refractivity contribution in [3.63, 3.8) is 0 Å². The van der Waals surface area contributed by atoms with Gasteiger partial charge in [0.25, 0.3) is 0 Å². The van der Waals surface area contributed by atoms with Crippen LogP contribution in [-0.2, 0) is 0 Å². The van der Waals surface area contributed by atoms with E-state index in [2.05, 4.69) is 42.9 Å². The number of hydrogen-bond donors (Lipinski definition) is 2. The van der Waals surface area contributed by atoms with E-state index in [9.17, 15) is 9.90 Å². The monoisotopic (exact) mass is 407 g/mol. The Morgan fingerprint density at radius 1 is 1.08 bits per heavy atom. The molecule has 0 aliphatic rings. The topological polar surface area (TPSA) is 67.2 Å². The van der Waals surface area contributed by atoms with Gasteiger partial charge in [-0.25, -0.2) is 9.78 Å². The largest absolute Gasteiger partial charge is 0.478 e. The maximum atomic E-state index is 11.4. The molecule has 2 heterocycles. The third kappa shape index (κ3) is 3.07. The predicted octanol–water partition coefficient (Wildman–Crippen LogP) is 5.23. The van der Waals surface area contributed by atoms with Crippen molar-refractivity contribution in [3.05, 3.63) is 83.1 Å². The first-order valence-electron chi connectivity index (χ1n) is 7.94. The maximum Gasteiger partial charge on any atom is 0.339 e. The molecule has 2 aromatic carbocycles. The van der Waals surface area contributed by atoms with Crippen molar-refractivity contribution in [1.82, 2.24) is 9.55 Å². The molecule has 128 valence electrons. The summed E-state index contributed by atoms with van der Waals surface area (Å²) in [4.78, 5) is 15.6. The molecule has 0 spiro atoms. The standard InChI is InChI=1S/C20H14BrN3O2/c21-14-11-17(20(25)26)19(22-12-14)23-15-6-7-18-13(10-15)8-9-24(18)16-4-2-1-3-5-16/h1-12H,(H,22,23)(H,25,26). The van der Waals surface area contributed by atoms with Crippen molar-refractivity contribution in [2.75, 3.05) is 5.32 Å². The van der Waals surface area contributed by atoms with Crippen LogP contribution in [0.3, 0.4) is 0 Å². The summed E-state index contributed by atoms with van der Waals surface area (Å²) in [5.41, 5.74) is 3.05. The number of hydrogen-bond acceptors (Lipinski definition) is 3.